The molecule has 0 aromatic carbocycles. The Morgan fingerprint density at radius 1 is 1.36 bits per heavy atom. The second-order valence-corrected chi connectivity index (χ2v) is 3.84. The summed E-state index contributed by atoms with van der Waals surface area (Å²) >= 11 is 0. The normalized spacial score (nSPS) is 13.9. The highest BCUT2D eigenvalue weighted by Crippen LogP contribution is 2.01. The minimum Gasteiger partial charge on any atom is -0.360 e. The molecule has 0 aliphatic heterocycles. The smallest absolute Gasteiger partial charge is 0.136 e. The highest BCUT2D eigenvalue weighted by atomic mass is 28.2. The Bertz CT molecular complexity index is 88.5. The molecule has 0 amide bonds. The highest BCUT2D eigenvalue weighted by molar-refractivity contribution is 6.36. The fourth-order valence-corrected chi connectivity index (χ4v) is 1.74. The van der Waals surface area contributed by atoms with Gasteiger partial charge >= 0.3 is 0 Å². The van der Waals surface area contributed by atoms with Crippen LogP contribution < -0.4 is 5.73 Å². The van der Waals surface area contributed by atoms with Crippen LogP contribution >= 0.6 is 0 Å². The number of methoxy groups -OCH3 is 2. The van der Waals surface area contributed by atoms with E-state index >= 15 is 0 Å². The van der Waals surface area contributed by atoms with Crippen molar-refractivity contribution in [2.45, 2.75) is 18.9 Å². The average molecular weight is 175 g/mol. The van der Waals surface area contributed by atoms with Gasteiger partial charge in [-0.25, -0.2) is 0 Å². The molecule has 0 rings (SSSR count). The molecule has 0 saturated heterocycles. The van der Waals surface area contributed by atoms with Crippen molar-refractivity contribution in [3.63, 3.8) is 0 Å². The van der Waals surface area contributed by atoms with Gasteiger partial charge in [-0.3, -0.25) is 0 Å². The van der Waals surface area contributed by atoms with E-state index in [1.165, 1.54) is 0 Å². The first-order valence-corrected chi connectivity index (χ1v) is 5.02. The van der Waals surface area contributed by atoms with Crippen molar-refractivity contribution < 1.29 is 9.47 Å². The van der Waals surface area contributed by atoms with Gasteiger partial charge < -0.3 is 15.2 Å². The first-order valence-electron chi connectivity index (χ1n) is 3.73. The Morgan fingerprint density at radius 3 is 2.27 bits per heavy atom. The molecule has 4 heteroatoms. The Morgan fingerprint density at radius 2 is 1.91 bits per heavy atom. The first kappa shape index (κ1) is 11.1. The van der Waals surface area contributed by atoms with Crippen molar-refractivity contribution in [2.24, 2.45) is 11.7 Å². The second-order valence-electron chi connectivity index (χ2n) is 2.55. The number of hydrogen-bond acceptors (Lipinski definition) is 3. The fraction of sp³-hybridized carbons (Fsp3) is 1.00. The molecule has 2 N–H and O–H groups in total. The Labute approximate surface area is 71.1 Å². The van der Waals surface area contributed by atoms with Crippen LogP contribution in [0, 0.1) is 5.92 Å². The maximum Gasteiger partial charge on any atom is 0.136 e. The molecule has 1 unspecified atom stereocenters. The SMILES string of the molecule is COC(OC)[Si]CC(C)CN. The lowest BCUT2D eigenvalue weighted by Crippen LogP contribution is -2.24. The van der Waals surface area contributed by atoms with Gasteiger partial charge in [-0.05, 0) is 12.5 Å². The van der Waals surface area contributed by atoms with Crippen LogP contribution in [0.25, 0.3) is 0 Å². The van der Waals surface area contributed by atoms with Crippen LogP contribution in [0.3, 0.4) is 0 Å². The maximum atomic E-state index is 5.46. The van der Waals surface area contributed by atoms with Gasteiger partial charge in [-0.15, -0.1) is 0 Å². The average Bonchev–Trinajstić information content (AvgIpc) is 2.06. The molecule has 2 radical (unpaired) electrons. The van der Waals surface area contributed by atoms with E-state index in [1.807, 2.05) is 0 Å². The van der Waals surface area contributed by atoms with Crippen molar-refractivity contribution in [1.82, 2.24) is 0 Å². The predicted molar refractivity (Wildman–Crippen MR) is 46.6 cm³/mol. The summed E-state index contributed by atoms with van der Waals surface area (Å²) in [5.41, 5.74) is 5.46. The highest BCUT2D eigenvalue weighted by Gasteiger charge is 2.08. The number of ether oxygens (including phenoxy) is 2. The van der Waals surface area contributed by atoms with Crippen LogP contribution in [0.5, 0.6) is 0 Å². The van der Waals surface area contributed by atoms with Gasteiger partial charge in [0.15, 0.2) is 0 Å². The summed E-state index contributed by atoms with van der Waals surface area (Å²) in [7, 11) is 4.01. The van der Waals surface area contributed by atoms with Crippen molar-refractivity contribution in [3.05, 3.63) is 0 Å². The van der Waals surface area contributed by atoms with Gasteiger partial charge in [0, 0.05) is 14.2 Å². The number of rotatable bonds is 6. The lowest BCUT2D eigenvalue weighted by Gasteiger charge is -2.14. The topological polar surface area (TPSA) is 44.5 Å². The van der Waals surface area contributed by atoms with Crippen molar-refractivity contribution in [3.8, 4) is 0 Å². The summed E-state index contributed by atoms with van der Waals surface area (Å²) in [6.07, 6.45) is 0. The first-order chi connectivity index (χ1) is 5.24. The molecule has 0 aromatic heterocycles. The Kier molecular flexibility index (Phi) is 6.85. The molecule has 1 atom stereocenters. The molecular formula is C7H17NO2Si. The van der Waals surface area contributed by atoms with Gasteiger partial charge in [0.05, 0.1) is 0 Å². The van der Waals surface area contributed by atoms with Gasteiger partial charge in [0.25, 0.3) is 0 Å². The third-order valence-electron chi connectivity index (χ3n) is 1.46. The minimum atomic E-state index is -0.0380. The molecule has 0 aliphatic rings. The molecule has 0 aromatic rings. The van der Waals surface area contributed by atoms with Gasteiger partial charge in [0.1, 0.15) is 15.4 Å². The molecule has 0 bridgehead atoms. The van der Waals surface area contributed by atoms with Crippen LogP contribution in [0.1, 0.15) is 6.92 Å². The van der Waals surface area contributed by atoms with Gasteiger partial charge in [-0.1, -0.05) is 13.0 Å². The quantitative estimate of drug-likeness (QED) is 0.466. The van der Waals surface area contributed by atoms with E-state index in [1.54, 1.807) is 14.2 Å². The third kappa shape index (κ3) is 5.38. The van der Waals surface area contributed by atoms with Crippen molar-refractivity contribution >= 4 is 9.52 Å². The molecule has 0 spiro atoms. The maximum absolute atomic E-state index is 5.46. The summed E-state index contributed by atoms with van der Waals surface area (Å²) in [5.74, 6) is 0.533. The monoisotopic (exact) mass is 175 g/mol. The standard InChI is InChI=1S/C7H17NO2Si/c1-6(4-8)5-11-7(9-2)10-3/h6-7H,4-5,8H2,1-3H3. The summed E-state index contributed by atoms with van der Waals surface area (Å²) < 4.78 is 10.1. The molecule has 0 saturated carbocycles. The molecule has 0 aliphatic carbocycles. The van der Waals surface area contributed by atoms with E-state index in [4.69, 9.17) is 15.2 Å². The van der Waals surface area contributed by atoms with Crippen LogP contribution in [0.4, 0.5) is 0 Å². The number of hydrogen-bond donors (Lipinski definition) is 1. The van der Waals surface area contributed by atoms with E-state index in [0.29, 0.717) is 15.4 Å². The van der Waals surface area contributed by atoms with Crippen LogP contribution in [0.2, 0.25) is 6.04 Å². The van der Waals surface area contributed by atoms with Crippen LogP contribution in [-0.4, -0.2) is 36.2 Å². The molecular weight excluding hydrogens is 158 g/mol. The molecule has 3 nitrogen and oxygen atoms in total. The molecule has 0 heterocycles. The second kappa shape index (κ2) is 6.79. The van der Waals surface area contributed by atoms with E-state index in [-0.39, 0.29) is 5.91 Å². The molecule has 66 valence electrons. The van der Waals surface area contributed by atoms with E-state index < -0.39 is 0 Å². The van der Waals surface area contributed by atoms with Crippen LogP contribution in [0.15, 0.2) is 0 Å². The zero-order chi connectivity index (χ0) is 8.69. The zero-order valence-electron chi connectivity index (χ0n) is 7.46. The van der Waals surface area contributed by atoms with Gasteiger partial charge in [-0.2, -0.15) is 0 Å². The van der Waals surface area contributed by atoms with Crippen molar-refractivity contribution in [2.75, 3.05) is 20.8 Å². The summed E-state index contributed by atoms with van der Waals surface area (Å²) in [6.45, 7) is 2.88. The van der Waals surface area contributed by atoms with Gasteiger partial charge in [0.2, 0.25) is 0 Å². The Hall–Kier alpha value is 0.0969. The van der Waals surface area contributed by atoms with E-state index in [0.717, 1.165) is 12.6 Å². The third-order valence-corrected chi connectivity index (χ3v) is 3.20. The minimum absolute atomic E-state index is 0.0380. The number of nitrogens with two attached hydrogens (primary N) is 1. The fourth-order valence-electron chi connectivity index (χ4n) is 0.644. The predicted octanol–water partition coefficient (Wildman–Crippen LogP) is 0.280. The summed E-state index contributed by atoms with van der Waals surface area (Å²) in [6, 6.07) is 1.09. The van der Waals surface area contributed by atoms with Crippen molar-refractivity contribution in [1.29, 1.82) is 0 Å². The lowest BCUT2D eigenvalue weighted by molar-refractivity contribution is -0.0443. The summed E-state index contributed by atoms with van der Waals surface area (Å²) in [5, 5.41) is 0. The zero-order valence-corrected chi connectivity index (χ0v) is 8.46. The Balaban J connectivity index is 3.34. The van der Waals surface area contributed by atoms with Crippen LogP contribution in [-0.2, 0) is 9.47 Å². The van der Waals surface area contributed by atoms with E-state index in [2.05, 4.69) is 6.92 Å². The largest absolute Gasteiger partial charge is 0.360 e. The summed E-state index contributed by atoms with van der Waals surface area (Å²) in [4.78, 5) is 0. The lowest BCUT2D eigenvalue weighted by atomic mass is 10.2. The molecule has 11 heavy (non-hydrogen) atoms. The molecule has 0 fully saturated rings. The van der Waals surface area contributed by atoms with E-state index in [9.17, 15) is 0 Å².